The van der Waals surface area contributed by atoms with Crippen LogP contribution in [0.15, 0.2) is 59.6 Å². The lowest BCUT2D eigenvalue weighted by atomic mass is 10.1. The highest BCUT2D eigenvalue weighted by atomic mass is 16.5. The van der Waals surface area contributed by atoms with Gasteiger partial charge in [0.05, 0.1) is 6.54 Å². The number of hydrogen-bond acceptors (Lipinski definition) is 3. The summed E-state index contributed by atoms with van der Waals surface area (Å²) < 4.78 is 5.47. The van der Waals surface area contributed by atoms with Gasteiger partial charge in [-0.3, -0.25) is 4.79 Å². The van der Waals surface area contributed by atoms with Gasteiger partial charge in [-0.15, -0.1) is 0 Å². The molecule has 0 aromatic heterocycles. The fourth-order valence-corrected chi connectivity index (χ4v) is 2.34. The highest BCUT2D eigenvalue weighted by Gasteiger charge is 2.02. The van der Waals surface area contributed by atoms with Gasteiger partial charge in [-0.05, 0) is 36.6 Å². The van der Waals surface area contributed by atoms with E-state index in [1.807, 2.05) is 49.4 Å². The molecular weight excluding hydrogens is 328 g/mol. The molecule has 2 aromatic rings. The molecule has 0 fully saturated rings. The number of hydrogen-bond donors (Lipinski definition) is 3. The SMILES string of the molecule is CCNC(=O)COc1cccc(CN=C(N)NCCc2ccccc2)c1. The van der Waals surface area contributed by atoms with Crippen molar-refractivity contribution in [2.75, 3.05) is 19.7 Å². The number of rotatable bonds is 9. The fourth-order valence-electron chi connectivity index (χ4n) is 2.34. The molecule has 0 heterocycles. The summed E-state index contributed by atoms with van der Waals surface area (Å²) in [4.78, 5) is 15.8. The zero-order valence-corrected chi connectivity index (χ0v) is 15.1. The smallest absolute Gasteiger partial charge is 0.257 e. The normalized spacial score (nSPS) is 11.0. The van der Waals surface area contributed by atoms with Crippen LogP contribution in [0.4, 0.5) is 0 Å². The third-order valence-electron chi connectivity index (χ3n) is 3.64. The van der Waals surface area contributed by atoms with Gasteiger partial charge >= 0.3 is 0 Å². The minimum atomic E-state index is -0.136. The third-order valence-corrected chi connectivity index (χ3v) is 3.64. The average molecular weight is 354 g/mol. The van der Waals surface area contributed by atoms with E-state index in [0.717, 1.165) is 18.5 Å². The van der Waals surface area contributed by atoms with Crippen LogP contribution in [0, 0.1) is 0 Å². The van der Waals surface area contributed by atoms with Gasteiger partial charge in [-0.1, -0.05) is 42.5 Å². The van der Waals surface area contributed by atoms with E-state index in [4.69, 9.17) is 10.5 Å². The van der Waals surface area contributed by atoms with E-state index in [1.54, 1.807) is 0 Å². The van der Waals surface area contributed by atoms with Crippen LogP contribution in [-0.4, -0.2) is 31.6 Å². The Kier molecular flexibility index (Phi) is 7.99. The van der Waals surface area contributed by atoms with Crippen LogP contribution >= 0.6 is 0 Å². The summed E-state index contributed by atoms with van der Waals surface area (Å²) in [5.74, 6) is 0.914. The maximum atomic E-state index is 11.4. The molecule has 0 aliphatic heterocycles. The summed E-state index contributed by atoms with van der Waals surface area (Å²) in [5, 5.41) is 5.80. The second kappa shape index (κ2) is 10.8. The zero-order valence-electron chi connectivity index (χ0n) is 15.1. The Morgan fingerprint density at radius 1 is 1.08 bits per heavy atom. The molecule has 0 atom stereocenters. The van der Waals surface area contributed by atoms with Gasteiger partial charge < -0.3 is 21.1 Å². The van der Waals surface area contributed by atoms with Gasteiger partial charge in [0.1, 0.15) is 5.75 Å². The van der Waals surface area contributed by atoms with Crippen LogP contribution in [0.5, 0.6) is 5.75 Å². The second-order valence-corrected chi connectivity index (χ2v) is 5.75. The molecule has 26 heavy (non-hydrogen) atoms. The van der Waals surface area contributed by atoms with Gasteiger partial charge in [0.15, 0.2) is 12.6 Å². The van der Waals surface area contributed by atoms with Crippen molar-refractivity contribution in [3.63, 3.8) is 0 Å². The van der Waals surface area contributed by atoms with Crippen molar-refractivity contribution in [3.8, 4) is 5.75 Å². The van der Waals surface area contributed by atoms with Gasteiger partial charge in [-0.2, -0.15) is 0 Å². The van der Waals surface area contributed by atoms with Gasteiger partial charge in [0.2, 0.25) is 0 Å². The molecule has 2 aromatic carbocycles. The molecule has 4 N–H and O–H groups in total. The van der Waals surface area contributed by atoms with E-state index < -0.39 is 0 Å². The number of nitrogens with two attached hydrogens (primary N) is 1. The predicted octanol–water partition coefficient (Wildman–Crippen LogP) is 1.85. The van der Waals surface area contributed by atoms with Crippen molar-refractivity contribution < 1.29 is 9.53 Å². The zero-order chi connectivity index (χ0) is 18.6. The van der Waals surface area contributed by atoms with Gasteiger partial charge in [0, 0.05) is 13.1 Å². The molecular formula is C20H26N4O2. The molecule has 0 saturated heterocycles. The number of amides is 1. The maximum absolute atomic E-state index is 11.4. The first kappa shape index (κ1) is 19.3. The lowest BCUT2D eigenvalue weighted by Crippen LogP contribution is -2.33. The van der Waals surface area contributed by atoms with Crippen LogP contribution in [0.25, 0.3) is 0 Å². The van der Waals surface area contributed by atoms with Crippen molar-refractivity contribution in [3.05, 3.63) is 65.7 Å². The number of ether oxygens (including phenoxy) is 1. The number of benzene rings is 2. The Hall–Kier alpha value is -3.02. The molecule has 0 spiro atoms. The van der Waals surface area contributed by atoms with E-state index in [0.29, 0.717) is 24.8 Å². The van der Waals surface area contributed by atoms with E-state index in [1.165, 1.54) is 5.56 Å². The quantitative estimate of drug-likeness (QED) is 0.474. The molecule has 0 aliphatic carbocycles. The molecule has 138 valence electrons. The van der Waals surface area contributed by atoms with E-state index in [-0.39, 0.29) is 12.5 Å². The van der Waals surface area contributed by atoms with Crippen molar-refractivity contribution in [1.82, 2.24) is 10.6 Å². The Balaban J connectivity index is 1.77. The summed E-state index contributed by atoms with van der Waals surface area (Å²) >= 11 is 0. The molecule has 0 bridgehead atoms. The third kappa shape index (κ3) is 7.25. The molecule has 2 rings (SSSR count). The van der Waals surface area contributed by atoms with Crippen molar-refractivity contribution in [2.45, 2.75) is 19.9 Å². The maximum Gasteiger partial charge on any atom is 0.257 e. The molecule has 0 radical (unpaired) electrons. The first-order valence-electron chi connectivity index (χ1n) is 8.73. The first-order valence-corrected chi connectivity index (χ1v) is 8.73. The van der Waals surface area contributed by atoms with E-state index in [9.17, 15) is 4.79 Å². The Morgan fingerprint density at radius 3 is 2.62 bits per heavy atom. The molecule has 6 heteroatoms. The Labute approximate surface area is 154 Å². The Bertz CT molecular complexity index is 717. The van der Waals surface area contributed by atoms with E-state index >= 15 is 0 Å². The number of carbonyl (C=O) groups excluding carboxylic acids is 1. The number of nitrogens with one attached hydrogen (secondary N) is 2. The van der Waals surface area contributed by atoms with E-state index in [2.05, 4.69) is 27.8 Å². The largest absolute Gasteiger partial charge is 0.484 e. The van der Waals surface area contributed by atoms with Gasteiger partial charge in [0.25, 0.3) is 5.91 Å². The van der Waals surface area contributed by atoms with Gasteiger partial charge in [-0.25, -0.2) is 4.99 Å². The molecule has 1 amide bonds. The minimum Gasteiger partial charge on any atom is -0.484 e. The highest BCUT2D eigenvalue weighted by Crippen LogP contribution is 2.14. The topological polar surface area (TPSA) is 88.7 Å². The van der Waals surface area contributed by atoms with Crippen LogP contribution in [0.2, 0.25) is 0 Å². The van der Waals surface area contributed by atoms with Crippen LogP contribution in [0.3, 0.4) is 0 Å². The summed E-state index contributed by atoms with van der Waals surface area (Å²) in [6, 6.07) is 17.7. The van der Waals surface area contributed by atoms with Crippen molar-refractivity contribution >= 4 is 11.9 Å². The van der Waals surface area contributed by atoms with Crippen LogP contribution in [0.1, 0.15) is 18.1 Å². The Morgan fingerprint density at radius 2 is 1.85 bits per heavy atom. The van der Waals surface area contributed by atoms with Crippen molar-refractivity contribution in [1.29, 1.82) is 0 Å². The standard InChI is InChI=1S/C20H26N4O2/c1-2-22-19(25)15-26-18-10-6-9-17(13-18)14-24-20(21)23-12-11-16-7-4-3-5-8-16/h3-10,13H,2,11-12,14-15H2,1H3,(H,22,25)(H3,21,23,24). The predicted molar refractivity (Wildman–Crippen MR) is 104 cm³/mol. The summed E-state index contributed by atoms with van der Waals surface area (Å²) in [6.45, 7) is 3.64. The number of guanidine groups is 1. The number of nitrogens with zero attached hydrogens (tertiary/aromatic N) is 1. The fraction of sp³-hybridized carbons (Fsp3) is 0.300. The summed E-state index contributed by atoms with van der Waals surface area (Å²) in [6.07, 6.45) is 0.889. The molecule has 6 nitrogen and oxygen atoms in total. The summed E-state index contributed by atoms with van der Waals surface area (Å²) in [5.41, 5.74) is 8.13. The van der Waals surface area contributed by atoms with Crippen LogP contribution < -0.4 is 21.1 Å². The lowest BCUT2D eigenvalue weighted by molar-refractivity contribution is -0.122. The average Bonchev–Trinajstić information content (AvgIpc) is 2.66. The second-order valence-electron chi connectivity index (χ2n) is 5.75. The number of carbonyl (C=O) groups is 1. The lowest BCUT2D eigenvalue weighted by Gasteiger charge is -2.08. The number of likely N-dealkylation sites (N-methyl/N-ethyl adjacent to an activating group) is 1. The van der Waals surface area contributed by atoms with Crippen molar-refractivity contribution in [2.24, 2.45) is 10.7 Å². The highest BCUT2D eigenvalue weighted by molar-refractivity contribution is 5.78. The monoisotopic (exact) mass is 354 g/mol. The van der Waals surface area contributed by atoms with Crippen LogP contribution in [-0.2, 0) is 17.8 Å². The molecule has 0 unspecified atom stereocenters. The number of aliphatic imine (C=N–C) groups is 1. The summed E-state index contributed by atoms with van der Waals surface area (Å²) in [7, 11) is 0. The molecule has 0 aliphatic rings. The minimum absolute atomic E-state index is 0.00371. The first-order chi connectivity index (χ1) is 12.7. The molecule has 0 saturated carbocycles.